The van der Waals surface area contributed by atoms with Crippen LogP contribution in [0.4, 0.5) is 15.0 Å². The fourth-order valence-corrected chi connectivity index (χ4v) is 5.39. The van der Waals surface area contributed by atoms with E-state index in [9.17, 15) is 14.7 Å². The molecule has 0 saturated heterocycles. The van der Waals surface area contributed by atoms with Crippen molar-refractivity contribution in [2.45, 2.75) is 50.9 Å². The van der Waals surface area contributed by atoms with Gasteiger partial charge in [0, 0.05) is 48.6 Å². The summed E-state index contributed by atoms with van der Waals surface area (Å²) in [5.74, 6) is 0.210. The number of carboxylic acid groups (broad SMARTS) is 1. The third-order valence-electron chi connectivity index (χ3n) is 7.32. The molecule has 2 aromatic heterocycles. The number of aryl methyl sites for hydroxylation is 1. The summed E-state index contributed by atoms with van der Waals surface area (Å²) in [6, 6.07) is 4.61. The summed E-state index contributed by atoms with van der Waals surface area (Å²) in [5, 5.41) is 19.2. The summed E-state index contributed by atoms with van der Waals surface area (Å²) in [6.07, 6.45) is 5.25. The first-order valence-electron chi connectivity index (χ1n) is 12.8. The Kier molecular flexibility index (Phi) is 7.27. The number of ether oxygens (including phenoxy) is 2. The molecule has 1 saturated carbocycles. The van der Waals surface area contributed by atoms with Crippen LogP contribution in [0.15, 0.2) is 30.6 Å². The van der Waals surface area contributed by atoms with Crippen molar-refractivity contribution >= 4 is 17.8 Å². The molecule has 3 heterocycles. The molecule has 1 aromatic carbocycles. The second-order valence-corrected chi connectivity index (χ2v) is 9.81. The van der Waals surface area contributed by atoms with Gasteiger partial charge < -0.3 is 30.1 Å². The smallest absolute Gasteiger partial charge is 0.404 e. The van der Waals surface area contributed by atoms with E-state index >= 15 is 4.39 Å². The lowest BCUT2D eigenvalue weighted by Gasteiger charge is -2.32. The van der Waals surface area contributed by atoms with Crippen LogP contribution in [0.25, 0.3) is 11.3 Å². The summed E-state index contributed by atoms with van der Waals surface area (Å²) >= 11 is 0. The van der Waals surface area contributed by atoms with E-state index in [-0.39, 0.29) is 48.0 Å². The maximum atomic E-state index is 16.0. The predicted octanol–water partition coefficient (Wildman–Crippen LogP) is 3.79. The second kappa shape index (κ2) is 10.8. The van der Waals surface area contributed by atoms with Crippen molar-refractivity contribution in [2.75, 3.05) is 19.5 Å². The van der Waals surface area contributed by atoms with Gasteiger partial charge in [0.05, 0.1) is 44.3 Å². The Morgan fingerprint density at radius 1 is 1.21 bits per heavy atom. The number of rotatable bonds is 8. The van der Waals surface area contributed by atoms with E-state index in [0.29, 0.717) is 35.6 Å². The number of anilines is 1. The normalized spacial score (nSPS) is 18.6. The first-order valence-corrected chi connectivity index (χ1v) is 12.8. The van der Waals surface area contributed by atoms with E-state index in [1.807, 2.05) is 6.07 Å². The number of methoxy groups -OCH3 is 2. The largest absolute Gasteiger partial charge is 0.497 e. The van der Waals surface area contributed by atoms with Gasteiger partial charge >= 0.3 is 6.09 Å². The van der Waals surface area contributed by atoms with Crippen LogP contribution in [0.1, 0.15) is 47.2 Å². The number of carbonyl (C=O) groups is 2. The highest BCUT2D eigenvalue weighted by molar-refractivity contribution is 6.04. The standard InChI is InChI=1S/C27H31FN6O5/c1-33-12-16(11-29-33)24-22-18(14-34(26(22)35)13-15-8-9-17(38-2)10-21(15)39-3)23(28)25(32-24)30-19-6-4-5-7-20(19)31-27(36)37/h8-12,19-20,31H,4-7,13-14H2,1-3H3,(H,30,32)(H,36,37)/t19-,20+/m1/s1. The van der Waals surface area contributed by atoms with Crippen LogP contribution in [0.2, 0.25) is 0 Å². The highest BCUT2D eigenvalue weighted by Crippen LogP contribution is 2.38. The number of aromatic nitrogens is 3. The first kappa shape index (κ1) is 26.3. The summed E-state index contributed by atoms with van der Waals surface area (Å²) in [7, 11) is 4.85. The number of nitrogens with one attached hydrogen (secondary N) is 2. The van der Waals surface area contributed by atoms with Gasteiger partial charge in [-0.3, -0.25) is 9.48 Å². The van der Waals surface area contributed by atoms with Crippen LogP contribution >= 0.6 is 0 Å². The minimum atomic E-state index is -1.12. The molecule has 1 aliphatic carbocycles. The van der Waals surface area contributed by atoms with Crippen LogP contribution < -0.4 is 20.1 Å². The van der Waals surface area contributed by atoms with Gasteiger partial charge in [0.15, 0.2) is 11.6 Å². The van der Waals surface area contributed by atoms with Crippen molar-refractivity contribution in [3.63, 3.8) is 0 Å². The summed E-state index contributed by atoms with van der Waals surface area (Å²) in [6.45, 7) is 0.240. The Morgan fingerprint density at radius 2 is 1.97 bits per heavy atom. The highest BCUT2D eigenvalue weighted by atomic mass is 19.1. The van der Waals surface area contributed by atoms with Crippen molar-refractivity contribution < 1.29 is 28.6 Å². The maximum absolute atomic E-state index is 16.0. The lowest BCUT2D eigenvalue weighted by atomic mass is 9.90. The van der Waals surface area contributed by atoms with E-state index in [2.05, 4.69) is 20.7 Å². The Labute approximate surface area is 224 Å². The predicted molar refractivity (Wildman–Crippen MR) is 140 cm³/mol. The summed E-state index contributed by atoms with van der Waals surface area (Å²) < 4.78 is 28.4. The van der Waals surface area contributed by atoms with Crippen molar-refractivity contribution in [1.29, 1.82) is 0 Å². The topological polar surface area (TPSA) is 131 Å². The number of fused-ring (bicyclic) bond motifs is 1. The second-order valence-electron chi connectivity index (χ2n) is 9.81. The Balaban J connectivity index is 1.52. The van der Waals surface area contributed by atoms with E-state index in [1.54, 1.807) is 55.4 Å². The minimum absolute atomic E-state index is 0.00614. The molecule has 12 heteroatoms. The number of amides is 2. The van der Waals surface area contributed by atoms with Crippen molar-refractivity contribution in [1.82, 2.24) is 25.0 Å². The quantitative estimate of drug-likeness (QED) is 0.395. The van der Waals surface area contributed by atoms with Gasteiger partial charge in [-0.1, -0.05) is 12.8 Å². The number of hydrogen-bond acceptors (Lipinski definition) is 7. The van der Waals surface area contributed by atoms with Crippen LogP contribution in [0.5, 0.6) is 11.5 Å². The van der Waals surface area contributed by atoms with E-state index in [1.165, 1.54) is 0 Å². The third kappa shape index (κ3) is 5.18. The Hall–Kier alpha value is -4.35. The molecule has 11 nitrogen and oxygen atoms in total. The van der Waals surface area contributed by atoms with Crippen molar-refractivity contribution in [2.24, 2.45) is 7.05 Å². The Bertz CT molecular complexity index is 1410. The zero-order valence-electron chi connectivity index (χ0n) is 22.0. The molecule has 0 spiro atoms. The van der Waals surface area contributed by atoms with Gasteiger partial charge in [-0.2, -0.15) is 5.10 Å². The molecule has 5 rings (SSSR count). The zero-order valence-corrected chi connectivity index (χ0v) is 22.0. The number of nitrogens with zero attached hydrogens (tertiary/aromatic N) is 4. The molecule has 0 unspecified atom stereocenters. The highest BCUT2D eigenvalue weighted by Gasteiger charge is 2.37. The van der Waals surface area contributed by atoms with E-state index in [4.69, 9.17) is 9.47 Å². The first-order chi connectivity index (χ1) is 18.8. The van der Waals surface area contributed by atoms with Crippen LogP contribution in [-0.4, -0.2) is 63.1 Å². The van der Waals surface area contributed by atoms with Crippen LogP contribution in [0.3, 0.4) is 0 Å². The summed E-state index contributed by atoms with van der Waals surface area (Å²) in [4.78, 5) is 31.2. The molecule has 0 radical (unpaired) electrons. The fraction of sp³-hybridized carbons (Fsp3) is 0.407. The van der Waals surface area contributed by atoms with E-state index in [0.717, 1.165) is 18.4 Å². The number of halogens is 1. The fourth-order valence-electron chi connectivity index (χ4n) is 5.39. The molecule has 206 valence electrons. The number of carbonyl (C=O) groups excluding carboxylic acids is 1. The van der Waals surface area contributed by atoms with Gasteiger partial charge in [0.2, 0.25) is 0 Å². The lowest BCUT2D eigenvalue weighted by molar-refractivity contribution is 0.0765. The SMILES string of the molecule is COc1ccc(CN2Cc3c(F)c(N[C@@H]4CCCC[C@@H]4NC(=O)O)nc(-c4cnn(C)c4)c3C2=O)c(OC)c1. The molecule has 3 aromatic rings. The molecule has 0 bridgehead atoms. The summed E-state index contributed by atoms with van der Waals surface area (Å²) in [5.41, 5.74) is 2.09. The van der Waals surface area contributed by atoms with Gasteiger partial charge in [-0.05, 0) is 25.0 Å². The van der Waals surface area contributed by atoms with Gasteiger partial charge in [0.1, 0.15) is 11.5 Å². The van der Waals surface area contributed by atoms with Gasteiger partial charge in [-0.15, -0.1) is 0 Å². The molecular weight excluding hydrogens is 507 g/mol. The molecule has 39 heavy (non-hydrogen) atoms. The Morgan fingerprint density at radius 3 is 2.64 bits per heavy atom. The molecular formula is C27H31FN6O5. The van der Waals surface area contributed by atoms with Crippen molar-refractivity contribution in [3.8, 4) is 22.8 Å². The minimum Gasteiger partial charge on any atom is -0.497 e. The maximum Gasteiger partial charge on any atom is 0.404 e. The zero-order chi connectivity index (χ0) is 27.7. The molecule has 3 N–H and O–H groups in total. The average molecular weight is 539 g/mol. The number of pyridine rings is 1. The van der Waals surface area contributed by atoms with Gasteiger partial charge in [0.25, 0.3) is 5.91 Å². The molecule has 2 aliphatic rings. The van der Waals surface area contributed by atoms with Crippen molar-refractivity contribution in [3.05, 3.63) is 53.1 Å². The molecule has 1 aliphatic heterocycles. The lowest BCUT2D eigenvalue weighted by Crippen LogP contribution is -2.48. The van der Waals surface area contributed by atoms with E-state index < -0.39 is 11.9 Å². The molecule has 2 atom stereocenters. The molecule has 1 fully saturated rings. The average Bonchev–Trinajstić information content (AvgIpc) is 3.50. The number of hydrogen-bond donors (Lipinski definition) is 3. The van der Waals surface area contributed by atoms with Crippen LogP contribution in [-0.2, 0) is 20.1 Å². The number of benzene rings is 1. The van der Waals surface area contributed by atoms with Crippen LogP contribution in [0, 0.1) is 5.82 Å². The van der Waals surface area contributed by atoms with Gasteiger partial charge in [-0.25, -0.2) is 14.2 Å². The monoisotopic (exact) mass is 538 g/mol. The molecule has 2 amide bonds. The third-order valence-corrected chi connectivity index (χ3v) is 7.32.